The molecule has 0 aliphatic carbocycles. The summed E-state index contributed by atoms with van der Waals surface area (Å²) in [4.78, 5) is 0. The van der Waals surface area contributed by atoms with Crippen molar-refractivity contribution >= 4 is 0 Å². The molecule has 0 spiro atoms. The van der Waals surface area contributed by atoms with E-state index in [4.69, 9.17) is 5.11 Å². The van der Waals surface area contributed by atoms with Gasteiger partial charge in [0.1, 0.15) is 5.82 Å². The zero-order chi connectivity index (χ0) is 9.84. The molecule has 0 bridgehead atoms. The number of halogens is 1. The lowest BCUT2D eigenvalue weighted by Gasteiger charge is -2.06. The molecular weight excluding hydrogens is 167 g/mol. The fourth-order valence-corrected chi connectivity index (χ4v) is 1.26. The summed E-state index contributed by atoms with van der Waals surface area (Å²) in [5.74, 6) is -0.175. The van der Waals surface area contributed by atoms with Gasteiger partial charge in [-0.2, -0.15) is 0 Å². The van der Waals surface area contributed by atoms with Gasteiger partial charge in [-0.25, -0.2) is 4.39 Å². The van der Waals surface area contributed by atoms with Crippen LogP contribution in [0.4, 0.5) is 4.39 Å². The molecule has 0 aliphatic heterocycles. The molecule has 2 heteroatoms. The lowest BCUT2D eigenvalue weighted by Crippen LogP contribution is -2.02. The quantitative estimate of drug-likeness (QED) is 0.761. The second-order valence-electron chi connectivity index (χ2n) is 3.48. The molecule has 1 nitrogen and oxygen atoms in total. The van der Waals surface area contributed by atoms with Crippen LogP contribution in [0.5, 0.6) is 0 Å². The van der Waals surface area contributed by atoms with Gasteiger partial charge in [0.25, 0.3) is 0 Å². The van der Waals surface area contributed by atoms with Gasteiger partial charge in [0.05, 0.1) is 6.10 Å². The standard InChI is InChI=1S/C11H15FO/c1-8-3-6-11(12)10(7-8)5-4-9(2)13/h3,6-7,9,13H,4-5H2,1-2H3/t9-/m1/s1. The Morgan fingerprint density at radius 3 is 2.77 bits per heavy atom. The molecule has 72 valence electrons. The van der Waals surface area contributed by atoms with Crippen molar-refractivity contribution in [3.8, 4) is 0 Å². The van der Waals surface area contributed by atoms with Crippen molar-refractivity contribution in [2.45, 2.75) is 32.8 Å². The highest BCUT2D eigenvalue weighted by atomic mass is 19.1. The van der Waals surface area contributed by atoms with Crippen LogP contribution in [0.3, 0.4) is 0 Å². The van der Waals surface area contributed by atoms with Crippen LogP contribution >= 0.6 is 0 Å². The summed E-state index contributed by atoms with van der Waals surface area (Å²) in [5.41, 5.74) is 1.75. The summed E-state index contributed by atoms with van der Waals surface area (Å²) in [7, 11) is 0. The maximum absolute atomic E-state index is 13.1. The van der Waals surface area contributed by atoms with E-state index < -0.39 is 0 Å². The third-order valence-electron chi connectivity index (χ3n) is 2.03. The normalized spacial score (nSPS) is 12.9. The molecule has 0 fully saturated rings. The maximum atomic E-state index is 13.1. The van der Waals surface area contributed by atoms with Crippen molar-refractivity contribution in [2.24, 2.45) is 0 Å². The minimum atomic E-state index is -0.361. The van der Waals surface area contributed by atoms with Gasteiger partial charge >= 0.3 is 0 Å². The van der Waals surface area contributed by atoms with Crippen molar-refractivity contribution in [3.63, 3.8) is 0 Å². The van der Waals surface area contributed by atoms with E-state index in [1.165, 1.54) is 6.07 Å². The van der Waals surface area contributed by atoms with Crippen LogP contribution < -0.4 is 0 Å². The molecule has 0 heterocycles. The third-order valence-corrected chi connectivity index (χ3v) is 2.03. The Labute approximate surface area is 78.2 Å². The number of rotatable bonds is 3. The highest BCUT2D eigenvalue weighted by Gasteiger charge is 2.03. The van der Waals surface area contributed by atoms with E-state index in [9.17, 15) is 4.39 Å². The van der Waals surface area contributed by atoms with Crippen LogP contribution in [-0.4, -0.2) is 11.2 Å². The van der Waals surface area contributed by atoms with Crippen LogP contribution in [-0.2, 0) is 6.42 Å². The van der Waals surface area contributed by atoms with E-state index in [-0.39, 0.29) is 11.9 Å². The van der Waals surface area contributed by atoms with Gasteiger partial charge < -0.3 is 5.11 Å². The van der Waals surface area contributed by atoms with Crippen LogP contribution in [0.2, 0.25) is 0 Å². The Balaban J connectivity index is 2.70. The van der Waals surface area contributed by atoms with Crippen molar-refractivity contribution in [1.82, 2.24) is 0 Å². The van der Waals surface area contributed by atoms with E-state index in [0.717, 1.165) is 5.56 Å². The molecule has 0 aromatic heterocycles. The molecule has 1 aromatic rings. The van der Waals surface area contributed by atoms with Gasteiger partial charge in [-0.05, 0) is 38.3 Å². The number of benzene rings is 1. The highest BCUT2D eigenvalue weighted by molar-refractivity contribution is 5.24. The second kappa shape index (κ2) is 4.38. The zero-order valence-electron chi connectivity index (χ0n) is 8.05. The molecule has 0 aliphatic rings. The van der Waals surface area contributed by atoms with Crippen molar-refractivity contribution in [1.29, 1.82) is 0 Å². The van der Waals surface area contributed by atoms with Gasteiger partial charge in [0, 0.05) is 0 Å². The number of hydrogen-bond donors (Lipinski definition) is 1. The first-order valence-corrected chi connectivity index (χ1v) is 4.52. The van der Waals surface area contributed by atoms with Crippen LogP contribution in [0.25, 0.3) is 0 Å². The molecule has 1 rings (SSSR count). The molecule has 1 N–H and O–H groups in total. The number of aliphatic hydroxyl groups excluding tert-OH is 1. The fraction of sp³-hybridized carbons (Fsp3) is 0.455. The lowest BCUT2D eigenvalue weighted by molar-refractivity contribution is 0.184. The zero-order valence-corrected chi connectivity index (χ0v) is 8.05. The first kappa shape index (κ1) is 10.2. The largest absolute Gasteiger partial charge is 0.393 e. The number of aryl methyl sites for hydroxylation is 2. The molecule has 13 heavy (non-hydrogen) atoms. The molecule has 0 amide bonds. The first-order chi connectivity index (χ1) is 6.09. The predicted molar refractivity (Wildman–Crippen MR) is 51.1 cm³/mol. The summed E-state index contributed by atoms with van der Waals surface area (Å²) in [6, 6.07) is 5.06. The molecule has 0 unspecified atom stereocenters. The molecular formula is C11H15FO. The van der Waals surface area contributed by atoms with E-state index in [2.05, 4.69) is 0 Å². The van der Waals surface area contributed by atoms with E-state index >= 15 is 0 Å². The second-order valence-corrected chi connectivity index (χ2v) is 3.48. The maximum Gasteiger partial charge on any atom is 0.126 e. The van der Waals surface area contributed by atoms with Crippen LogP contribution in [0.15, 0.2) is 18.2 Å². The summed E-state index contributed by atoms with van der Waals surface area (Å²) in [5, 5.41) is 9.05. The van der Waals surface area contributed by atoms with Gasteiger partial charge in [-0.1, -0.05) is 17.7 Å². The van der Waals surface area contributed by atoms with Gasteiger partial charge in [0.2, 0.25) is 0 Å². The summed E-state index contributed by atoms with van der Waals surface area (Å²) >= 11 is 0. The molecule has 1 aromatic carbocycles. The average Bonchev–Trinajstić information content (AvgIpc) is 2.06. The average molecular weight is 182 g/mol. The predicted octanol–water partition coefficient (Wildman–Crippen LogP) is 2.45. The highest BCUT2D eigenvalue weighted by Crippen LogP contribution is 2.12. The minimum absolute atomic E-state index is 0.175. The van der Waals surface area contributed by atoms with Gasteiger partial charge in [-0.15, -0.1) is 0 Å². The number of hydrogen-bond acceptors (Lipinski definition) is 1. The molecule has 0 radical (unpaired) electrons. The summed E-state index contributed by atoms with van der Waals surface area (Å²) < 4.78 is 13.1. The fourth-order valence-electron chi connectivity index (χ4n) is 1.26. The smallest absolute Gasteiger partial charge is 0.126 e. The molecule has 0 saturated heterocycles. The van der Waals surface area contributed by atoms with Crippen LogP contribution in [0.1, 0.15) is 24.5 Å². The van der Waals surface area contributed by atoms with Gasteiger partial charge in [0.15, 0.2) is 0 Å². The Kier molecular flexibility index (Phi) is 3.43. The Hall–Kier alpha value is -0.890. The molecule has 0 saturated carbocycles. The van der Waals surface area contributed by atoms with Gasteiger partial charge in [-0.3, -0.25) is 0 Å². The van der Waals surface area contributed by atoms with Crippen LogP contribution in [0, 0.1) is 12.7 Å². The monoisotopic (exact) mass is 182 g/mol. The van der Waals surface area contributed by atoms with E-state index in [1.54, 1.807) is 13.0 Å². The minimum Gasteiger partial charge on any atom is -0.393 e. The van der Waals surface area contributed by atoms with Crippen molar-refractivity contribution in [2.75, 3.05) is 0 Å². The van der Waals surface area contributed by atoms with E-state index in [1.807, 2.05) is 13.0 Å². The van der Waals surface area contributed by atoms with Crippen molar-refractivity contribution in [3.05, 3.63) is 35.1 Å². The Morgan fingerprint density at radius 1 is 1.46 bits per heavy atom. The van der Waals surface area contributed by atoms with Crippen molar-refractivity contribution < 1.29 is 9.50 Å². The topological polar surface area (TPSA) is 20.2 Å². The van der Waals surface area contributed by atoms with E-state index in [0.29, 0.717) is 18.4 Å². The summed E-state index contributed by atoms with van der Waals surface area (Å²) in [6.45, 7) is 3.65. The molecule has 1 atom stereocenters. The summed E-state index contributed by atoms with van der Waals surface area (Å²) in [6.07, 6.45) is 0.853. The SMILES string of the molecule is Cc1ccc(F)c(CC[C@@H](C)O)c1. The third kappa shape index (κ3) is 3.15. The Bertz CT molecular complexity index is 281. The number of aliphatic hydroxyl groups is 1. The Morgan fingerprint density at radius 2 is 2.15 bits per heavy atom. The lowest BCUT2D eigenvalue weighted by atomic mass is 10.0. The first-order valence-electron chi connectivity index (χ1n) is 4.52.